The van der Waals surface area contributed by atoms with Gasteiger partial charge in [-0.05, 0) is 46.6 Å². The van der Waals surface area contributed by atoms with Crippen molar-refractivity contribution in [1.82, 2.24) is 9.78 Å². The molecule has 0 aliphatic rings. The molecular weight excluding hydrogens is 256 g/mol. The topological polar surface area (TPSA) is 38.0 Å². The van der Waals surface area contributed by atoms with Gasteiger partial charge in [-0.15, -0.1) is 0 Å². The third kappa shape index (κ3) is 2.11. The highest BCUT2D eigenvalue weighted by molar-refractivity contribution is 9.10. The van der Waals surface area contributed by atoms with Crippen molar-refractivity contribution < 1.29 is 5.11 Å². The van der Waals surface area contributed by atoms with Gasteiger partial charge in [0.25, 0.3) is 0 Å². The van der Waals surface area contributed by atoms with Crippen molar-refractivity contribution >= 4 is 15.9 Å². The number of aliphatic hydroxyl groups is 1. The Hall–Kier alpha value is -1.13. The Morgan fingerprint density at radius 1 is 1.40 bits per heavy atom. The van der Waals surface area contributed by atoms with Crippen molar-refractivity contribution in [2.75, 3.05) is 0 Å². The Labute approximate surface area is 96.5 Å². The molecule has 1 heterocycles. The standard InChI is InChI=1S/C11H11BrN2O/c1-8-2-3-11(10(12)6-8)14-5-4-9(7-15)13-14/h2-6,15H,7H2,1H3. The second-order valence-corrected chi connectivity index (χ2v) is 4.22. The largest absolute Gasteiger partial charge is 0.390 e. The lowest BCUT2D eigenvalue weighted by molar-refractivity contribution is 0.276. The van der Waals surface area contributed by atoms with Gasteiger partial charge in [-0.25, -0.2) is 4.68 Å². The van der Waals surface area contributed by atoms with Gasteiger partial charge in [0.1, 0.15) is 0 Å². The van der Waals surface area contributed by atoms with Crippen LogP contribution in [0.25, 0.3) is 5.69 Å². The van der Waals surface area contributed by atoms with Crippen LogP contribution in [-0.4, -0.2) is 14.9 Å². The highest BCUT2D eigenvalue weighted by Crippen LogP contribution is 2.21. The van der Waals surface area contributed by atoms with Crippen LogP contribution in [0.1, 0.15) is 11.3 Å². The molecule has 0 bridgehead atoms. The fraction of sp³-hybridized carbons (Fsp3) is 0.182. The Kier molecular flexibility index (Phi) is 2.88. The van der Waals surface area contributed by atoms with Crippen LogP contribution >= 0.6 is 15.9 Å². The lowest BCUT2D eigenvalue weighted by atomic mass is 10.2. The van der Waals surface area contributed by atoms with E-state index in [0.717, 1.165) is 10.2 Å². The Bertz CT molecular complexity index is 479. The summed E-state index contributed by atoms with van der Waals surface area (Å²) in [4.78, 5) is 0. The van der Waals surface area contributed by atoms with Gasteiger partial charge in [-0.2, -0.15) is 5.10 Å². The molecule has 0 fully saturated rings. The van der Waals surface area contributed by atoms with Crippen molar-refractivity contribution in [2.45, 2.75) is 13.5 Å². The van der Waals surface area contributed by atoms with E-state index in [2.05, 4.69) is 21.0 Å². The molecule has 15 heavy (non-hydrogen) atoms. The molecule has 0 aliphatic carbocycles. The molecule has 2 rings (SSSR count). The van der Waals surface area contributed by atoms with Crippen LogP contribution in [0.5, 0.6) is 0 Å². The van der Waals surface area contributed by atoms with Crippen molar-refractivity contribution in [1.29, 1.82) is 0 Å². The summed E-state index contributed by atoms with van der Waals surface area (Å²) in [7, 11) is 0. The van der Waals surface area contributed by atoms with Crippen LogP contribution in [-0.2, 0) is 6.61 Å². The number of hydrogen-bond donors (Lipinski definition) is 1. The van der Waals surface area contributed by atoms with E-state index in [-0.39, 0.29) is 6.61 Å². The fourth-order valence-electron chi connectivity index (χ4n) is 1.38. The lowest BCUT2D eigenvalue weighted by Gasteiger charge is -2.05. The van der Waals surface area contributed by atoms with E-state index >= 15 is 0 Å². The second kappa shape index (κ2) is 4.16. The Balaban J connectivity index is 2.44. The molecule has 0 amide bonds. The summed E-state index contributed by atoms with van der Waals surface area (Å²) in [5.41, 5.74) is 2.84. The molecule has 1 N–H and O–H groups in total. The highest BCUT2D eigenvalue weighted by atomic mass is 79.9. The molecule has 1 aromatic heterocycles. The van der Waals surface area contributed by atoms with Gasteiger partial charge >= 0.3 is 0 Å². The van der Waals surface area contributed by atoms with Gasteiger partial charge in [-0.3, -0.25) is 0 Å². The quantitative estimate of drug-likeness (QED) is 0.907. The SMILES string of the molecule is Cc1ccc(-n2ccc(CO)n2)c(Br)c1. The predicted molar refractivity (Wildman–Crippen MR) is 61.9 cm³/mol. The molecule has 78 valence electrons. The monoisotopic (exact) mass is 266 g/mol. The van der Waals surface area contributed by atoms with Gasteiger partial charge < -0.3 is 5.11 Å². The summed E-state index contributed by atoms with van der Waals surface area (Å²) in [5.74, 6) is 0. The highest BCUT2D eigenvalue weighted by Gasteiger charge is 2.04. The Morgan fingerprint density at radius 3 is 2.80 bits per heavy atom. The van der Waals surface area contributed by atoms with Crippen LogP contribution in [0.2, 0.25) is 0 Å². The summed E-state index contributed by atoms with van der Waals surface area (Å²) in [5, 5.41) is 13.1. The first-order valence-corrected chi connectivity index (χ1v) is 5.42. The predicted octanol–water partition coefficient (Wildman–Crippen LogP) is 2.44. The van der Waals surface area contributed by atoms with Crippen molar-refractivity contribution in [3.63, 3.8) is 0 Å². The number of aryl methyl sites for hydroxylation is 1. The number of halogens is 1. The molecule has 0 aliphatic heterocycles. The van der Waals surface area contributed by atoms with Crippen molar-refractivity contribution in [2.24, 2.45) is 0 Å². The molecule has 0 radical (unpaired) electrons. The molecular formula is C11H11BrN2O. The molecule has 4 heteroatoms. The summed E-state index contributed by atoms with van der Waals surface area (Å²) in [6, 6.07) is 7.86. The minimum absolute atomic E-state index is 0.0313. The van der Waals surface area contributed by atoms with Crippen molar-refractivity contribution in [3.8, 4) is 5.69 Å². The zero-order valence-electron chi connectivity index (χ0n) is 8.31. The number of hydrogen-bond acceptors (Lipinski definition) is 2. The van der Waals surface area contributed by atoms with E-state index in [1.165, 1.54) is 5.56 Å². The lowest BCUT2D eigenvalue weighted by Crippen LogP contribution is -1.97. The van der Waals surface area contributed by atoms with Crippen LogP contribution in [0.3, 0.4) is 0 Å². The van der Waals surface area contributed by atoms with Gasteiger partial charge in [0.15, 0.2) is 0 Å². The van der Waals surface area contributed by atoms with Gasteiger partial charge in [0.2, 0.25) is 0 Å². The van der Waals surface area contributed by atoms with Gasteiger partial charge in [0.05, 0.1) is 18.0 Å². The molecule has 3 nitrogen and oxygen atoms in total. The van der Waals surface area contributed by atoms with Gasteiger partial charge in [0, 0.05) is 10.7 Å². The zero-order valence-corrected chi connectivity index (χ0v) is 9.90. The number of aromatic nitrogens is 2. The third-order valence-corrected chi connectivity index (χ3v) is 2.79. The maximum Gasteiger partial charge on any atom is 0.0883 e. The van der Waals surface area contributed by atoms with E-state index in [4.69, 9.17) is 5.11 Å². The average Bonchev–Trinajstić information content (AvgIpc) is 2.66. The maximum atomic E-state index is 8.92. The maximum absolute atomic E-state index is 8.92. The van der Waals surface area contributed by atoms with E-state index in [1.54, 1.807) is 10.7 Å². The van der Waals surface area contributed by atoms with E-state index < -0.39 is 0 Å². The van der Waals surface area contributed by atoms with Crippen LogP contribution in [0.4, 0.5) is 0 Å². The first-order chi connectivity index (χ1) is 7.20. The summed E-state index contributed by atoms with van der Waals surface area (Å²) < 4.78 is 2.74. The third-order valence-electron chi connectivity index (χ3n) is 2.16. The fourth-order valence-corrected chi connectivity index (χ4v) is 2.05. The molecule has 2 aromatic rings. The number of rotatable bonds is 2. The number of nitrogens with zero attached hydrogens (tertiary/aromatic N) is 2. The van der Waals surface area contributed by atoms with Crippen LogP contribution in [0.15, 0.2) is 34.9 Å². The molecule has 0 unspecified atom stereocenters. The van der Waals surface area contributed by atoms with E-state index in [9.17, 15) is 0 Å². The smallest absolute Gasteiger partial charge is 0.0883 e. The molecule has 0 spiro atoms. The molecule has 0 saturated heterocycles. The molecule has 0 saturated carbocycles. The zero-order chi connectivity index (χ0) is 10.8. The average molecular weight is 267 g/mol. The van der Waals surface area contributed by atoms with E-state index in [0.29, 0.717) is 5.69 Å². The molecule has 1 aromatic carbocycles. The van der Waals surface area contributed by atoms with Gasteiger partial charge in [-0.1, -0.05) is 6.07 Å². The summed E-state index contributed by atoms with van der Waals surface area (Å²) >= 11 is 3.49. The minimum Gasteiger partial charge on any atom is -0.390 e. The van der Waals surface area contributed by atoms with E-state index in [1.807, 2.05) is 31.3 Å². The first-order valence-electron chi connectivity index (χ1n) is 4.62. The van der Waals surface area contributed by atoms with Crippen LogP contribution < -0.4 is 0 Å². The molecule has 0 atom stereocenters. The normalized spacial score (nSPS) is 10.6. The Morgan fingerprint density at radius 2 is 2.20 bits per heavy atom. The minimum atomic E-state index is -0.0313. The van der Waals surface area contributed by atoms with Crippen LogP contribution in [0, 0.1) is 6.92 Å². The summed E-state index contributed by atoms with van der Waals surface area (Å²) in [6.07, 6.45) is 1.83. The number of benzene rings is 1. The summed E-state index contributed by atoms with van der Waals surface area (Å²) in [6.45, 7) is 2.01. The van der Waals surface area contributed by atoms with Crippen molar-refractivity contribution in [3.05, 3.63) is 46.2 Å². The second-order valence-electron chi connectivity index (χ2n) is 3.36. The number of aliphatic hydroxyl groups excluding tert-OH is 1. The first kappa shape index (κ1) is 10.4.